The Hall–Kier alpha value is -0.360. The molecule has 0 aromatic carbocycles. The summed E-state index contributed by atoms with van der Waals surface area (Å²) in [5, 5.41) is 17.0. The Labute approximate surface area is 91.3 Å². The van der Waals surface area contributed by atoms with Crippen molar-refractivity contribution in [1.29, 1.82) is 0 Å². The molecule has 0 saturated heterocycles. The summed E-state index contributed by atoms with van der Waals surface area (Å²) in [5.74, 6) is -5.10. The Morgan fingerprint density at radius 3 is 2.25 bits per heavy atom. The van der Waals surface area contributed by atoms with Crippen molar-refractivity contribution in [3.05, 3.63) is 12.7 Å². The summed E-state index contributed by atoms with van der Waals surface area (Å²) in [5.41, 5.74) is 0. The van der Waals surface area contributed by atoms with Gasteiger partial charge in [0, 0.05) is 13.0 Å². The molecule has 0 spiro atoms. The van der Waals surface area contributed by atoms with E-state index in [0.717, 1.165) is 13.0 Å². The Kier molecular flexibility index (Phi) is 6.28. The predicted octanol–water partition coefficient (Wildman–Crippen LogP) is -1.14. The molecule has 0 aromatic heterocycles. The molecule has 0 aliphatic heterocycles. The fourth-order valence-electron chi connectivity index (χ4n) is 0.281. The van der Waals surface area contributed by atoms with E-state index in [0.29, 0.717) is 0 Å². The molecule has 6 heteroatoms. The zero-order chi connectivity index (χ0) is 9.07. The molecule has 0 heterocycles. The molecule has 12 heavy (non-hydrogen) atoms. The second kappa shape index (κ2) is 5.31. The maximum absolute atomic E-state index is 10.4. The summed E-state index contributed by atoms with van der Waals surface area (Å²) >= 11 is 0. The molecule has 64 valence electrons. The molecule has 2 N–H and O–H groups in total. The fraction of sp³-hybridized carbons (Fsp3) is 0.333. The number of aliphatic carboxylic acids is 1. The van der Waals surface area contributed by atoms with Crippen LogP contribution in [0.3, 0.4) is 0 Å². The molecule has 0 aliphatic carbocycles. The first-order chi connectivity index (χ1) is 4.90. The van der Waals surface area contributed by atoms with Crippen molar-refractivity contribution in [2.75, 3.05) is 0 Å². The van der Waals surface area contributed by atoms with E-state index in [4.69, 9.17) is 10.2 Å². The van der Waals surface area contributed by atoms with Gasteiger partial charge in [0.05, 0.1) is 0 Å². The summed E-state index contributed by atoms with van der Waals surface area (Å²) in [6.07, 6.45) is 0.761. The van der Waals surface area contributed by atoms with E-state index < -0.39 is 17.7 Å². The Balaban J connectivity index is 0. The Morgan fingerprint density at radius 1 is 1.58 bits per heavy atom. The first-order valence-electron chi connectivity index (χ1n) is 2.71. The number of hydrogen-bond acceptors (Lipinski definition) is 4. The average Bonchev–Trinajstić information content (AvgIpc) is 1.86. The molecular weight excluding hydrogens is 175 g/mol. The quantitative estimate of drug-likeness (QED) is 0.251. The summed E-state index contributed by atoms with van der Waals surface area (Å²) in [6.45, 7) is 3.87. The molecule has 1 atom stereocenters. The van der Waals surface area contributed by atoms with E-state index in [1.165, 1.54) is 0 Å². The van der Waals surface area contributed by atoms with Crippen LogP contribution in [0.5, 0.6) is 0 Å². The number of carboxylic acid groups (broad SMARTS) is 1. The van der Waals surface area contributed by atoms with Gasteiger partial charge >= 0.3 is 47.3 Å². The molecule has 0 saturated carbocycles. The van der Waals surface area contributed by atoms with Gasteiger partial charge in [-0.15, -0.1) is 0 Å². The molecule has 0 bridgehead atoms. The zero-order valence-corrected chi connectivity index (χ0v) is 5.90. The SMILES string of the molecule is C=CC(=O)OC(C)(O)C(=O)O.[NaH]. The van der Waals surface area contributed by atoms with Crippen molar-refractivity contribution < 1.29 is 24.5 Å². The van der Waals surface area contributed by atoms with Crippen molar-refractivity contribution in [2.24, 2.45) is 0 Å². The first kappa shape index (κ1) is 14.2. The maximum atomic E-state index is 10.4. The van der Waals surface area contributed by atoms with Crippen LogP contribution in [0.1, 0.15) is 6.92 Å². The van der Waals surface area contributed by atoms with Crippen molar-refractivity contribution in [3.63, 3.8) is 0 Å². The van der Waals surface area contributed by atoms with Crippen LogP contribution in [-0.4, -0.2) is 57.5 Å². The van der Waals surface area contributed by atoms with Crippen LogP contribution in [0.4, 0.5) is 0 Å². The van der Waals surface area contributed by atoms with Crippen molar-refractivity contribution in [1.82, 2.24) is 0 Å². The van der Waals surface area contributed by atoms with E-state index >= 15 is 0 Å². The van der Waals surface area contributed by atoms with Crippen molar-refractivity contribution >= 4 is 41.5 Å². The molecule has 1 unspecified atom stereocenters. The van der Waals surface area contributed by atoms with Gasteiger partial charge < -0.3 is 14.9 Å². The van der Waals surface area contributed by atoms with E-state index in [2.05, 4.69) is 11.3 Å². The summed E-state index contributed by atoms with van der Waals surface area (Å²) in [6, 6.07) is 0. The number of rotatable bonds is 3. The van der Waals surface area contributed by atoms with Gasteiger partial charge in [-0.2, -0.15) is 0 Å². The number of aliphatic hydroxyl groups is 1. The Morgan fingerprint density at radius 2 is 2.00 bits per heavy atom. The van der Waals surface area contributed by atoms with E-state index in [1.54, 1.807) is 0 Å². The van der Waals surface area contributed by atoms with Crippen LogP contribution in [-0.2, 0) is 14.3 Å². The zero-order valence-electron chi connectivity index (χ0n) is 5.90. The number of carbonyl (C=O) groups excluding carboxylic acids is 1. The topological polar surface area (TPSA) is 83.8 Å². The van der Waals surface area contributed by atoms with Gasteiger partial charge in [0.25, 0.3) is 0 Å². The van der Waals surface area contributed by atoms with E-state index in [1.807, 2.05) is 0 Å². The van der Waals surface area contributed by atoms with Gasteiger partial charge in [-0.25, -0.2) is 9.59 Å². The van der Waals surface area contributed by atoms with Gasteiger partial charge in [0.2, 0.25) is 0 Å². The normalized spacial score (nSPS) is 13.5. The molecule has 5 nitrogen and oxygen atoms in total. The summed E-state index contributed by atoms with van der Waals surface area (Å²) < 4.78 is 4.05. The van der Waals surface area contributed by atoms with E-state index in [-0.39, 0.29) is 29.6 Å². The minimum atomic E-state index is -2.48. The van der Waals surface area contributed by atoms with E-state index in [9.17, 15) is 9.59 Å². The van der Waals surface area contributed by atoms with Crippen LogP contribution in [0, 0.1) is 0 Å². The van der Waals surface area contributed by atoms with Gasteiger partial charge in [0.15, 0.2) is 0 Å². The summed E-state index contributed by atoms with van der Waals surface area (Å²) in [7, 11) is 0. The van der Waals surface area contributed by atoms with Gasteiger partial charge in [-0.3, -0.25) is 0 Å². The molecule has 0 amide bonds. The third kappa shape index (κ3) is 4.50. The Bertz CT molecular complexity index is 198. The number of carbonyl (C=O) groups is 2. The second-order valence-corrected chi connectivity index (χ2v) is 1.91. The second-order valence-electron chi connectivity index (χ2n) is 1.91. The van der Waals surface area contributed by atoms with Crippen LogP contribution < -0.4 is 0 Å². The predicted molar refractivity (Wildman–Crippen MR) is 41.7 cm³/mol. The molecule has 0 rings (SSSR count). The number of carboxylic acids is 1. The number of esters is 1. The molecular formula is C6H9NaO5. The minimum absolute atomic E-state index is 0. The van der Waals surface area contributed by atoms with Crippen LogP contribution >= 0.6 is 0 Å². The van der Waals surface area contributed by atoms with Gasteiger partial charge in [-0.1, -0.05) is 6.58 Å². The third-order valence-electron chi connectivity index (χ3n) is 0.863. The van der Waals surface area contributed by atoms with Crippen molar-refractivity contribution in [2.45, 2.75) is 12.7 Å². The first-order valence-corrected chi connectivity index (χ1v) is 2.71. The molecule has 0 fully saturated rings. The molecule has 0 radical (unpaired) electrons. The average molecular weight is 184 g/mol. The van der Waals surface area contributed by atoms with Crippen molar-refractivity contribution in [3.8, 4) is 0 Å². The van der Waals surface area contributed by atoms with Crippen LogP contribution in [0.2, 0.25) is 0 Å². The van der Waals surface area contributed by atoms with Crippen LogP contribution in [0.25, 0.3) is 0 Å². The third-order valence-corrected chi connectivity index (χ3v) is 0.863. The number of ether oxygens (including phenoxy) is 1. The van der Waals surface area contributed by atoms with Gasteiger partial charge in [-0.05, 0) is 0 Å². The fourth-order valence-corrected chi connectivity index (χ4v) is 0.281. The van der Waals surface area contributed by atoms with Gasteiger partial charge in [0.1, 0.15) is 0 Å². The summed E-state index contributed by atoms with van der Waals surface area (Å²) in [4.78, 5) is 20.5. The molecule has 0 aliphatic rings. The standard InChI is InChI=1S/C6H8O5.Na.H/c1-3-4(7)11-6(2,10)5(8)9;;/h3,10H,1H2,2H3,(H,8,9);;. The monoisotopic (exact) mass is 184 g/mol. The number of hydrogen-bond donors (Lipinski definition) is 2. The van der Waals surface area contributed by atoms with Crippen LogP contribution in [0.15, 0.2) is 12.7 Å². The molecule has 0 aromatic rings.